The molecule has 1 aromatic rings. The third kappa shape index (κ3) is 5.30. The molecule has 0 saturated carbocycles. The van der Waals surface area contributed by atoms with Crippen molar-refractivity contribution in [3.8, 4) is 0 Å². The Labute approximate surface area is 160 Å². The number of likely N-dealkylation sites (tertiary alicyclic amines) is 1. The first-order chi connectivity index (χ1) is 12.8. The predicted molar refractivity (Wildman–Crippen MR) is 100 cm³/mol. The van der Waals surface area contributed by atoms with Crippen LogP contribution in [0.15, 0.2) is 6.20 Å². The number of rotatable bonds is 7. The van der Waals surface area contributed by atoms with E-state index in [0.717, 1.165) is 31.5 Å². The van der Waals surface area contributed by atoms with Crippen LogP contribution in [0.5, 0.6) is 0 Å². The number of hydrogen-bond acceptors (Lipinski definition) is 4. The molecule has 0 spiro atoms. The van der Waals surface area contributed by atoms with Gasteiger partial charge in [0.25, 0.3) is 5.91 Å². The summed E-state index contributed by atoms with van der Waals surface area (Å²) in [6.45, 7) is 7.05. The number of aromatic nitrogens is 2. The molecule has 2 rings (SSSR count). The highest BCUT2D eigenvalue weighted by atomic mass is 16.4. The maximum atomic E-state index is 12.9. The van der Waals surface area contributed by atoms with Crippen molar-refractivity contribution in [2.24, 2.45) is 0 Å². The van der Waals surface area contributed by atoms with E-state index in [1.54, 1.807) is 11.1 Å². The molecule has 0 bridgehead atoms. The van der Waals surface area contributed by atoms with Crippen molar-refractivity contribution in [1.82, 2.24) is 19.6 Å². The van der Waals surface area contributed by atoms with Gasteiger partial charge in [0.1, 0.15) is 6.54 Å². The number of carbonyl (C=O) groups excluding carboxylic acids is 2. The maximum Gasteiger partial charge on any atom is 0.323 e. The Morgan fingerprint density at radius 2 is 2.04 bits per heavy atom. The zero-order valence-electron chi connectivity index (χ0n) is 16.5. The van der Waals surface area contributed by atoms with Gasteiger partial charge in [-0.15, -0.1) is 0 Å². The number of hydrogen-bond donors (Lipinski definition) is 1. The van der Waals surface area contributed by atoms with Crippen LogP contribution >= 0.6 is 0 Å². The summed E-state index contributed by atoms with van der Waals surface area (Å²) in [5, 5.41) is 13.4. The molecule has 1 atom stereocenters. The molecule has 1 N–H and O–H groups in total. The molecule has 8 nitrogen and oxygen atoms in total. The van der Waals surface area contributed by atoms with Crippen molar-refractivity contribution in [2.75, 3.05) is 19.6 Å². The normalized spacial score (nSPS) is 17.4. The zero-order chi connectivity index (χ0) is 20.0. The van der Waals surface area contributed by atoms with Gasteiger partial charge >= 0.3 is 5.97 Å². The summed E-state index contributed by atoms with van der Waals surface area (Å²) in [4.78, 5) is 39.0. The van der Waals surface area contributed by atoms with E-state index in [1.807, 2.05) is 11.6 Å². The van der Waals surface area contributed by atoms with Crippen LogP contribution < -0.4 is 0 Å². The molecule has 0 aliphatic carbocycles. The lowest BCUT2D eigenvalue weighted by Gasteiger charge is -2.28. The summed E-state index contributed by atoms with van der Waals surface area (Å²) in [7, 11) is 0. The van der Waals surface area contributed by atoms with E-state index in [4.69, 9.17) is 5.11 Å². The van der Waals surface area contributed by atoms with E-state index in [1.165, 1.54) is 11.8 Å². The standard InChI is InChI=1S/C19H30N4O4/c1-4-5-10-23-14(2)17(12-20-23)19(27)21-9-6-7-16(8-11-21)22(15(3)24)13-18(25)26/h12,16H,4-11,13H2,1-3H3,(H,25,26). The number of aryl methyl sites for hydroxylation is 1. The van der Waals surface area contributed by atoms with Crippen molar-refractivity contribution in [1.29, 1.82) is 0 Å². The van der Waals surface area contributed by atoms with E-state index in [-0.39, 0.29) is 24.4 Å². The fourth-order valence-electron chi connectivity index (χ4n) is 3.60. The van der Waals surface area contributed by atoms with Gasteiger partial charge in [0.05, 0.1) is 11.8 Å². The highest BCUT2D eigenvalue weighted by Gasteiger charge is 2.28. The van der Waals surface area contributed by atoms with Gasteiger partial charge in [-0.2, -0.15) is 5.10 Å². The number of nitrogens with zero attached hydrogens (tertiary/aromatic N) is 4. The average Bonchev–Trinajstić information content (AvgIpc) is 2.82. The Hall–Kier alpha value is -2.38. The Kier molecular flexibility index (Phi) is 7.38. The maximum absolute atomic E-state index is 12.9. The molecule has 8 heteroatoms. The summed E-state index contributed by atoms with van der Waals surface area (Å²) in [5.74, 6) is -1.30. The topological polar surface area (TPSA) is 95.7 Å². The molecule has 0 radical (unpaired) electrons. The monoisotopic (exact) mass is 378 g/mol. The van der Waals surface area contributed by atoms with Crippen LogP contribution in [0.3, 0.4) is 0 Å². The molecule has 1 aliphatic heterocycles. The third-order valence-electron chi connectivity index (χ3n) is 5.19. The lowest BCUT2D eigenvalue weighted by molar-refractivity contribution is -0.145. The lowest BCUT2D eigenvalue weighted by Crippen LogP contribution is -2.43. The predicted octanol–water partition coefficient (Wildman–Crippen LogP) is 1.92. The van der Waals surface area contributed by atoms with E-state index in [9.17, 15) is 14.4 Å². The van der Waals surface area contributed by atoms with Crippen LogP contribution in [0, 0.1) is 6.92 Å². The van der Waals surface area contributed by atoms with E-state index < -0.39 is 5.97 Å². The lowest BCUT2D eigenvalue weighted by atomic mass is 10.1. The summed E-state index contributed by atoms with van der Waals surface area (Å²) in [5.41, 5.74) is 1.50. The number of carboxylic acid groups (broad SMARTS) is 1. The largest absolute Gasteiger partial charge is 0.480 e. The minimum atomic E-state index is -1.02. The Morgan fingerprint density at radius 1 is 1.30 bits per heavy atom. The number of aliphatic carboxylic acids is 1. The first-order valence-electron chi connectivity index (χ1n) is 9.65. The molecular formula is C19H30N4O4. The molecule has 2 heterocycles. The quantitative estimate of drug-likeness (QED) is 0.782. The van der Waals surface area contributed by atoms with Gasteiger partial charge in [-0.05, 0) is 32.6 Å². The number of unbranched alkanes of at least 4 members (excludes halogenated alkanes) is 1. The second-order valence-electron chi connectivity index (χ2n) is 7.14. The smallest absolute Gasteiger partial charge is 0.323 e. The molecule has 1 saturated heterocycles. The van der Waals surface area contributed by atoms with Crippen LogP contribution in [0.4, 0.5) is 0 Å². The van der Waals surface area contributed by atoms with Crippen LogP contribution in [-0.4, -0.2) is 68.1 Å². The van der Waals surface area contributed by atoms with Crippen molar-refractivity contribution >= 4 is 17.8 Å². The average molecular weight is 378 g/mol. The molecule has 1 aromatic heterocycles. The Morgan fingerprint density at radius 3 is 2.67 bits per heavy atom. The van der Waals surface area contributed by atoms with Crippen LogP contribution in [0.2, 0.25) is 0 Å². The number of carbonyl (C=O) groups is 3. The highest BCUT2D eigenvalue weighted by molar-refractivity contribution is 5.95. The van der Waals surface area contributed by atoms with E-state index in [0.29, 0.717) is 31.5 Å². The Balaban J connectivity index is 2.05. The van der Waals surface area contributed by atoms with Gasteiger partial charge in [0.15, 0.2) is 0 Å². The van der Waals surface area contributed by atoms with E-state index >= 15 is 0 Å². The second kappa shape index (κ2) is 9.53. The molecule has 0 aromatic carbocycles. The molecule has 1 aliphatic rings. The minimum Gasteiger partial charge on any atom is -0.480 e. The fourth-order valence-corrected chi connectivity index (χ4v) is 3.60. The molecule has 1 fully saturated rings. The molecule has 27 heavy (non-hydrogen) atoms. The number of carboxylic acids is 1. The van der Waals surface area contributed by atoms with Gasteiger partial charge in [0.2, 0.25) is 5.91 Å². The number of amides is 2. The van der Waals surface area contributed by atoms with E-state index in [2.05, 4.69) is 12.0 Å². The molecule has 150 valence electrons. The van der Waals surface area contributed by atoms with Crippen LogP contribution in [0.1, 0.15) is 62.0 Å². The van der Waals surface area contributed by atoms with Crippen LogP contribution in [-0.2, 0) is 16.1 Å². The van der Waals surface area contributed by atoms with Gasteiger partial charge < -0.3 is 14.9 Å². The third-order valence-corrected chi connectivity index (χ3v) is 5.19. The zero-order valence-corrected chi connectivity index (χ0v) is 16.5. The Bertz CT molecular complexity index is 685. The summed E-state index contributed by atoms with van der Waals surface area (Å²) < 4.78 is 1.88. The van der Waals surface area contributed by atoms with Crippen molar-refractivity contribution in [3.63, 3.8) is 0 Å². The highest BCUT2D eigenvalue weighted by Crippen LogP contribution is 2.20. The minimum absolute atomic E-state index is 0.0384. The first kappa shape index (κ1) is 20.9. The van der Waals surface area contributed by atoms with Gasteiger partial charge in [-0.3, -0.25) is 19.1 Å². The van der Waals surface area contributed by atoms with Crippen molar-refractivity contribution in [3.05, 3.63) is 17.5 Å². The molecule has 1 unspecified atom stereocenters. The van der Waals surface area contributed by atoms with Crippen molar-refractivity contribution in [2.45, 2.75) is 65.5 Å². The second-order valence-corrected chi connectivity index (χ2v) is 7.14. The van der Waals surface area contributed by atoms with Gasteiger partial charge in [0, 0.05) is 38.3 Å². The molecule has 2 amide bonds. The SMILES string of the molecule is CCCCn1ncc(C(=O)N2CCCC(N(CC(=O)O)C(C)=O)CC2)c1C. The van der Waals surface area contributed by atoms with Gasteiger partial charge in [-0.1, -0.05) is 13.3 Å². The fraction of sp³-hybridized carbons (Fsp3) is 0.684. The van der Waals surface area contributed by atoms with Gasteiger partial charge in [-0.25, -0.2) is 0 Å². The van der Waals surface area contributed by atoms with Crippen LogP contribution in [0.25, 0.3) is 0 Å². The molecular weight excluding hydrogens is 348 g/mol. The summed E-state index contributed by atoms with van der Waals surface area (Å²) >= 11 is 0. The first-order valence-corrected chi connectivity index (χ1v) is 9.65. The van der Waals surface area contributed by atoms with Crippen molar-refractivity contribution < 1.29 is 19.5 Å². The summed E-state index contributed by atoms with van der Waals surface area (Å²) in [6.07, 6.45) is 5.75. The summed E-state index contributed by atoms with van der Waals surface area (Å²) in [6, 6.07) is -0.148.